The van der Waals surface area contributed by atoms with Crippen LogP contribution < -0.4 is 25.4 Å². The molecule has 8 nitrogen and oxygen atoms in total. The number of nitrogens with two attached hydrogens (primary N) is 1. The summed E-state index contributed by atoms with van der Waals surface area (Å²) < 4.78 is 11.4. The summed E-state index contributed by atoms with van der Waals surface area (Å²) in [6.45, 7) is 2.95. The molecule has 1 aromatic heterocycles. The molecule has 0 bridgehead atoms. The fraction of sp³-hybridized carbons (Fsp3) is 0.318. The molecule has 2 atom stereocenters. The van der Waals surface area contributed by atoms with Gasteiger partial charge in [-0.05, 0) is 30.3 Å². The van der Waals surface area contributed by atoms with Gasteiger partial charge in [0.25, 0.3) is 0 Å². The first-order valence-electron chi connectivity index (χ1n) is 10.3. The van der Waals surface area contributed by atoms with E-state index in [-0.39, 0.29) is 5.95 Å². The SMILES string of the molecule is Nc1nc(C[NH+]2CCC[C@H]2c2ccc3c(c2)OCCO3)nc(Nc2ccccc2)n1. The minimum absolute atomic E-state index is 0.230. The van der Waals surface area contributed by atoms with E-state index in [2.05, 4.69) is 32.4 Å². The van der Waals surface area contributed by atoms with Gasteiger partial charge in [0.1, 0.15) is 25.8 Å². The van der Waals surface area contributed by atoms with Crippen molar-refractivity contribution in [3.05, 3.63) is 59.9 Å². The van der Waals surface area contributed by atoms with Gasteiger partial charge >= 0.3 is 0 Å². The number of quaternary nitrogens is 1. The number of hydrogen-bond donors (Lipinski definition) is 3. The molecule has 5 rings (SSSR count). The van der Waals surface area contributed by atoms with Gasteiger partial charge in [-0.1, -0.05) is 18.2 Å². The van der Waals surface area contributed by atoms with Gasteiger partial charge in [-0.25, -0.2) is 0 Å². The zero-order valence-electron chi connectivity index (χ0n) is 16.7. The number of aromatic nitrogens is 3. The number of para-hydroxylation sites is 1. The number of rotatable bonds is 5. The van der Waals surface area contributed by atoms with Gasteiger partial charge in [-0.15, -0.1) is 0 Å². The zero-order chi connectivity index (χ0) is 20.3. The Morgan fingerprint density at radius 2 is 1.83 bits per heavy atom. The van der Waals surface area contributed by atoms with Crippen LogP contribution in [0.4, 0.5) is 17.6 Å². The van der Waals surface area contributed by atoms with Crippen LogP contribution in [0.5, 0.6) is 11.5 Å². The topological polar surface area (TPSA) is 99.6 Å². The molecule has 2 aliphatic heterocycles. The van der Waals surface area contributed by atoms with E-state index >= 15 is 0 Å². The van der Waals surface area contributed by atoms with Gasteiger partial charge < -0.3 is 25.4 Å². The quantitative estimate of drug-likeness (QED) is 0.596. The van der Waals surface area contributed by atoms with Crippen molar-refractivity contribution in [1.29, 1.82) is 0 Å². The number of hydrogen-bond acceptors (Lipinski definition) is 7. The Bertz CT molecular complexity index is 1030. The molecule has 1 saturated heterocycles. The minimum Gasteiger partial charge on any atom is -0.486 e. The van der Waals surface area contributed by atoms with Crippen LogP contribution in [0.2, 0.25) is 0 Å². The van der Waals surface area contributed by atoms with Gasteiger partial charge in [0.15, 0.2) is 17.3 Å². The number of nitrogen functional groups attached to an aromatic ring is 1. The first-order valence-corrected chi connectivity index (χ1v) is 10.3. The molecule has 1 unspecified atom stereocenters. The van der Waals surface area contributed by atoms with Crippen LogP contribution in [0.1, 0.15) is 30.3 Å². The highest BCUT2D eigenvalue weighted by atomic mass is 16.6. The summed E-state index contributed by atoms with van der Waals surface area (Å²) in [4.78, 5) is 14.7. The molecule has 0 amide bonds. The summed E-state index contributed by atoms with van der Waals surface area (Å²) >= 11 is 0. The molecule has 154 valence electrons. The lowest BCUT2D eigenvalue weighted by Gasteiger charge is -2.24. The highest BCUT2D eigenvalue weighted by Gasteiger charge is 2.32. The summed E-state index contributed by atoms with van der Waals surface area (Å²) in [5.41, 5.74) is 8.14. The van der Waals surface area contributed by atoms with Crippen LogP contribution in [0.15, 0.2) is 48.5 Å². The predicted octanol–water partition coefficient (Wildman–Crippen LogP) is 1.89. The maximum atomic E-state index is 5.97. The average molecular weight is 405 g/mol. The van der Waals surface area contributed by atoms with Crippen molar-refractivity contribution >= 4 is 17.6 Å². The molecule has 8 heteroatoms. The predicted molar refractivity (Wildman–Crippen MR) is 113 cm³/mol. The number of anilines is 3. The third-order valence-electron chi connectivity index (χ3n) is 5.57. The van der Waals surface area contributed by atoms with Crippen molar-refractivity contribution < 1.29 is 14.4 Å². The number of ether oxygens (including phenoxy) is 2. The van der Waals surface area contributed by atoms with E-state index in [1.165, 1.54) is 10.5 Å². The molecule has 0 radical (unpaired) electrons. The Kier molecular flexibility index (Phi) is 5.06. The highest BCUT2D eigenvalue weighted by Crippen LogP contribution is 2.33. The number of fused-ring (bicyclic) bond motifs is 1. The Labute approximate surface area is 175 Å². The zero-order valence-corrected chi connectivity index (χ0v) is 16.7. The normalized spacial score (nSPS) is 20.1. The Balaban J connectivity index is 1.34. The maximum absolute atomic E-state index is 5.97. The maximum Gasteiger partial charge on any atom is 0.232 e. The fourth-order valence-electron chi connectivity index (χ4n) is 4.23. The molecule has 2 aromatic carbocycles. The van der Waals surface area contributed by atoms with E-state index in [9.17, 15) is 0 Å². The molecular formula is C22H25N6O2+. The lowest BCUT2D eigenvalue weighted by atomic mass is 10.0. The number of nitrogens with one attached hydrogen (secondary N) is 2. The van der Waals surface area contributed by atoms with E-state index in [1.807, 2.05) is 36.4 Å². The van der Waals surface area contributed by atoms with Crippen molar-refractivity contribution in [2.24, 2.45) is 0 Å². The Morgan fingerprint density at radius 1 is 1.00 bits per heavy atom. The molecule has 0 spiro atoms. The molecule has 3 aromatic rings. The van der Waals surface area contributed by atoms with Crippen molar-refractivity contribution in [2.75, 3.05) is 30.8 Å². The molecule has 0 saturated carbocycles. The van der Waals surface area contributed by atoms with Crippen molar-refractivity contribution in [2.45, 2.75) is 25.4 Å². The van der Waals surface area contributed by atoms with Gasteiger partial charge in [-0.3, -0.25) is 0 Å². The molecule has 4 N–H and O–H groups in total. The van der Waals surface area contributed by atoms with E-state index in [0.29, 0.717) is 37.6 Å². The van der Waals surface area contributed by atoms with E-state index in [4.69, 9.17) is 15.2 Å². The summed E-state index contributed by atoms with van der Waals surface area (Å²) in [6, 6.07) is 16.5. The van der Waals surface area contributed by atoms with Crippen LogP contribution in [-0.4, -0.2) is 34.7 Å². The molecule has 0 aliphatic carbocycles. The van der Waals surface area contributed by atoms with Crippen LogP contribution in [-0.2, 0) is 6.54 Å². The van der Waals surface area contributed by atoms with Gasteiger partial charge in [0, 0.05) is 24.1 Å². The van der Waals surface area contributed by atoms with Crippen LogP contribution in [0.3, 0.4) is 0 Å². The molecule has 30 heavy (non-hydrogen) atoms. The number of likely N-dealkylation sites (tertiary alicyclic amines) is 1. The standard InChI is InChI=1S/C22H24N6O2/c23-21-25-20(26-22(27-21)24-16-5-2-1-3-6-16)14-28-10-4-7-17(28)15-8-9-18-19(13-15)30-12-11-29-18/h1-3,5-6,8-9,13,17H,4,7,10-12,14H2,(H3,23,24,25,26,27)/p+1/t17-/m0/s1. The van der Waals surface area contributed by atoms with Gasteiger partial charge in [0.2, 0.25) is 11.9 Å². The van der Waals surface area contributed by atoms with Crippen LogP contribution in [0, 0.1) is 0 Å². The van der Waals surface area contributed by atoms with Crippen LogP contribution >= 0.6 is 0 Å². The second kappa shape index (κ2) is 8.16. The summed E-state index contributed by atoms with van der Waals surface area (Å²) in [7, 11) is 0. The molecular weight excluding hydrogens is 380 g/mol. The second-order valence-electron chi connectivity index (χ2n) is 7.61. The molecule has 3 heterocycles. The van der Waals surface area contributed by atoms with Gasteiger partial charge in [0.05, 0.1) is 6.54 Å². The molecule has 2 aliphatic rings. The third kappa shape index (κ3) is 3.99. The van der Waals surface area contributed by atoms with E-state index in [0.717, 1.165) is 36.6 Å². The Hall–Kier alpha value is -3.39. The van der Waals surface area contributed by atoms with Crippen molar-refractivity contribution in [1.82, 2.24) is 15.0 Å². The van der Waals surface area contributed by atoms with Crippen molar-refractivity contribution in [3.63, 3.8) is 0 Å². The lowest BCUT2D eigenvalue weighted by molar-refractivity contribution is -0.932. The smallest absolute Gasteiger partial charge is 0.232 e. The van der Waals surface area contributed by atoms with Gasteiger partial charge in [-0.2, -0.15) is 15.0 Å². The first-order chi connectivity index (χ1) is 14.7. The number of benzene rings is 2. The Morgan fingerprint density at radius 3 is 2.70 bits per heavy atom. The monoisotopic (exact) mass is 405 g/mol. The molecule has 1 fully saturated rings. The first kappa shape index (κ1) is 18.6. The summed E-state index contributed by atoms with van der Waals surface area (Å²) in [6.07, 6.45) is 2.27. The fourth-order valence-corrected chi connectivity index (χ4v) is 4.23. The van der Waals surface area contributed by atoms with E-state index in [1.54, 1.807) is 0 Å². The van der Waals surface area contributed by atoms with E-state index < -0.39 is 0 Å². The summed E-state index contributed by atoms with van der Waals surface area (Å²) in [5.74, 6) is 3.06. The lowest BCUT2D eigenvalue weighted by Crippen LogP contribution is -3.09. The highest BCUT2D eigenvalue weighted by molar-refractivity contribution is 5.53. The number of nitrogens with zero attached hydrogens (tertiary/aromatic N) is 3. The second-order valence-corrected chi connectivity index (χ2v) is 7.61. The average Bonchev–Trinajstić information content (AvgIpc) is 3.22. The largest absolute Gasteiger partial charge is 0.486 e. The summed E-state index contributed by atoms with van der Waals surface area (Å²) in [5, 5.41) is 3.21. The van der Waals surface area contributed by atoms with Crippen molar-refractivity contribution in [3.8, 4) is 11.5 Å². The van der Waals surface area contributed by atoms with Crippen LogP contribution in [0.25, 0.3) is 0 Å². The third-order valence-corrected chi connectivity index (χ3v) is 5.57. The minimum atomic E-state index is 0.230.